The highest BCUT2D eigenvalue weighted by atomic mass is 32.2. The van der Waals surface area contributed by atoms with Crippen molar-refractivity contribution in [3.8, 4) is 0 Å². The van der Waals surface area contributed by atoms with E-state index in [0.29, 0.717) is 13.0 Å². The Balaban J connectivity index is 4.12. The molecule has 0 aromatic carbocycles. The Morgan fingerprint density at radius 3 is 2.47 bits per heavy atom. The second kappa shape index (κ2) is 6.76. The molecule has 0 heterocycles. The van der Waals surface area contributed by atoms with Gasteiger partial charge in [0.15, 0.2) is 5.25 Å². The van der Waals surface area contributed by atoms with E-state index in [0.717, 1.165) is 13.7 Å². The molecular weight excluding hydrogens is 220 g/mol. The minimum atomic E-state index is -3.60. The fourth-order valence-electron chi connectivity index (χ4n) is 0.897. The van der Waals surface area contributed by atoms with Crippen LogP contribution in [-0.2, 0) is 19.6 Å². The van der Waals surface area contributed by atoms with Crippen molar-refractivity contribution in [3.05, 3.63) is 0 Å². The van der Waals surface area contributed by atoms with Gasteiger partial charge in [-0.2, -0.15) is 0 Å². The molecule has 1 unspecified atom stereocenters. The van der Waals surface area contributed by atoms with Crippen molar-refractivity contribution in [2.24, 2.45) is 0 Å². The van der Waals surface area contributed by atoms with Crippen LogP contribution in [0.25, 0.3) is 0 Å². The lowest BCUT2D eigenvalue weighted by atomic mass is 10.4. The summed E-state index contributed by atoms with van der Waals surface area (Å²) in [6.45, 7) is 2.33. The summed E-state index contributed by atoms with van der Waals surface area (Å²) in [6.07, 6.45) is 0.670. The summed E-state index contributed by atoms with van der Waals surface area (Å²) in [7, 11) is -0.659. The zero-order valence-electron chi connectivity index (χ0n) is 9.24. The van der Waals surface area contributed by atoms with E-state index >= 15 is 0 Å². The molecule has 15 heavy (non-hydrogen) atoms. The molecule has 7 heteroatoms. The average molecular weight is 238 g/mol. The van der Waals surface area contributed by atoms with Gasteiger partial charge in [-0.3, -0.25) is 4.79 Å². The van der Waals surface area contributed by atoms with Gasteiger partial charge in [0.1, 0.15) is 0 Å². The smallest absolute Gasteiger partial charge is 0.325 e. The van der Waals surface area contributed by atoms with E-state index < -0.39 is 21.2 Å². The number of esters is 1. The van der Waals surface area contributed by atoms with E-state index in [9.17, 15) is 13.2 Å². The van der Waals surface area contributed by atoms with E-state index in [1.807, 2.05) is 0 Å². The Kier molecular flexibility index (Phi) is 6.46. The SMILES string of the molecule is CNCCCNS(=O)(=O)C(C)C(=O)OC. The van der Waals surface area contributed by atoms with Gasteiger partial charge in [-0.25, -0.2) is 13.1 Å². The first-order valence-corrected chi connectivity index (χ1v) is 6.21. The summed E-state index contributed by atoms with van der Waals surface area (Å²) >= 11 is 0. The predicted molar refractivity (Wildman–Crippen MR) is 56.9 cm³/mol. The van der Waals surface area contributed by atoms with Crippen LogP contribution in [-0.4, -0.2) is 46.9 Å². The standard InChI is InChI=1S/C8H18N2O4S/c1-7(8(11)14-3)15(12,13)10-6-4-5-9-2/h7,9-10H,4-6H2,1-3H3. The van der Waals surface area contributed by atoms with Crippen molar-refractivity contribution < 1.29 is 17.9 Å². The van der Waals surface area contributed by atoms with Crippen molar-refractivity contribution >= 4 is 16.0 Å². The molecule has 0 radical (unpaired) electrons. The Morgan fingerprint density at radius 1 is 1.40 bits per heavy atom. The van der Waals surface area contributed by atoms with Gasteiger partial charge in [-0.15, -0.1) is 0 Å². The van der Waals surface area contributed by atoms with E-state index in [1.165, 1.54) is 6.92 Å². The molecule has 0 aliphatic carbocycles. The zero-order valence-corrected chi connectivity index (χ0v) is 10.1. The molecule has 0 amide bonds. The van der Waals surface area contributed by atoms with Gasteiger partial charge >= 0.3 is 5.97 Å². The highest BCUT2D eigenvalue weighted by Crippen LogP contribution is 2.00. The van der Waals surface area contributed by atoms with Gasteiger partial charge in [0.25, 0.3) is 0 Å². The maximum atomic E-state index is 11.5. The third-order valence-electron chi connectivity index (χ3n) is 1.91. The topological polar surface area (TPSA) is 84.5 Å². The molecule has 1 atom stereocenters. The third kappa shape index (κ3) is 5.10. The zero-order chi connectivity index (χ0) is 11.9. The molecule has 0 aromatic rings. The summed E-state index contributed by atoms with van der Waals surface area (Å²) in [6, 6.07) is 0. The lowest BCUT2D eigenvalue weighted by Gasteiger charge is -2.11. The number of carbonyl (C=O) groups excluding carboxylic acids is 1. The minimum absolute atomic E-state index is 0.310. The van der Waals surface area contributed by atoms with Crippen LogP contribution < -0.4 is 10.0 Å². The molecular formula is C8H18N2O4S. The third-order valence-corrected chi connectivity index (χ3v) is 3.64. The van der Waals surface area contributed by atoms with E-state index in [2.05, 4.69) is 14.8 Å². The van der Waals surface area contributed by atoms with Gasteiger partial charge in [-0.1, -0.05) is 0 Å². The van der Waals surface area contributed by atoms with Crippen LogP contribution in [0, 0.1) is 0 Å². The van der Waals surface area contributed by atoms with Crippen LogP contribution in [0.4, 0.5) is 0 Å². The number of carbonyl (C=O) groups is 1. The van der Waals surface area contributed by atoms with Gasteiger partial charge in [0, 0.05) is 6.54 Å². The first-order valence-electron chi connectivity index (χ1n) is 4.66. The van der Waals surface area contributed by atoms with E-state index in [1.54, 1.807) is 7.05 Å². The fraction of sp³-hybridized carbons (Fsp3) is 0.875. The molecule has 0 rings (SSSR count). The van der Waals surface area contributed by atoms with Crippen molar-refractivity contribution in [2.75, 3.05) is 27.2 Å². The Bertz CT molecular complexity index is 289. The first-order chi connectivity index (χ1) is 6.95. The molecule has 0 aromatic heterocycles. The maximum absolute atomic E-state index is 11.5. The number of ether oxygens (including phenoxy) is 1. The van der Waals surface area contributed by atoms with Crippen LogP contribution in [0.5, 0.6) is 0 Å². The summed E-state index contributed by atoms with van der Waals surface area (Å²) in [5, 5.41) is 1.72. The molecule has 0 aliphatic rings. The number of hydrogen-bond acceptors (Lipinski definition) is 5. The second-order valence-corrected chi connectivity index (χ2v) is 5.15. The Morgan fingerprint density at radius 2 is 2.00 bits per heavy atom. The summed E-state index contributed by atoms with van der Waals surface area (Å²) in [4.78, 5) is 11.0. The second-order valence-electron chi connectivity index (χ2n) is 3.06. The summed E-state index contributed by atoms with van der Waals surface area (Å²) in [5.41, 5.74) is 0. The van der Waals surface area contributed by atoms with Crippen LogP contribution in [0.3, 0.4) is 0 Å². The van der Waals surface area contributed by atoms with Crippen LogP contribution in [0.15, 0.2) is 0 Å². The Hall–Kier alpha value is -0.660. The van der Waals surface area contributed by atoms with Gasteiger partial charge in [-0.05, 0) is 26.9 Å². The van der Waals surface area contributed by atoms with Crippen molar-refractivity contribution in [2.45, 2.75) is 18.6 Å². The Labute approximate surface area is 90.4 Å². The number of hydrogen-bond donors (Lipinski definition) is 2. The van der Waals surface area contributed by atoms with Gasteiger partial charge < -0.3 is 10.1 Å². The summed E-state index contributed by atoms with van der Waals surface area (Å²) in [5.74, 6) is -0.754. The molecule has 0 saturated carbocycles. The highest BCUT2D eigenvalue weighted by molar-refractivity contribution is 7.90. The molecule has 0 fully saturated rings. The summed E-state index contributed by atoms with van der Waals surface area (Å²) < 4.78 is 29.6. The molecule has 0 saturated heterocycles. The number of rotatable bonds is 7. The lowest BCUT2D eigenvalue weighted by molar-refractivity contribution is -0.139. The first kappa shape index (κ1) is 14.3. The average Bonchev–Trinajstić information content (AvgIpc) is 2.22. The molecule has 0 aliphatic heterocycles. The maximum Gasteiger partial charge on any atom is 0.325 e. The van der Waals surface area contributed by atoms with E-state index in [4.69, 9.17) is 0 Å². The van der Waals surface area contributed by atoms with Crippen LogP contribution in [0.1, 0.15) is 13.3 Å². The van der Waals surface area contributed by atoms with Gasteiger partial charge in [0.05, 0.1) is 7.11 Å². The highest BCUT2D eigenvalue weighted by Gasteiger charge is 2.27. The number of methoxy groups -OCH3 is 1. The van der Waals surface area contributed by atoms with Gasteiger partial charge in [0.2, 0.25) is 10.0 Å². The molecule has 2 N–H and O–H groups in total. The normalized spacial score (nSPS) is 13.5. The number of sulfonamides is 1. The largest absolute Gasteiger partial charge is 0.468 e. The van der Waals surface area contributed by atoms with Crippen molar-refractivity contribution in [1.29, 1.82) is 0 Å². The fourth-order valence-corrected chi connectivity index (χ4v) is 1.93. The molecule has 6 nitrogen and oxygen atoms in total. The number of nitrogens with one attached hydrogen (secondary N) is 2. The lowest BCUT2D eigenvalue weighted by Crippen LogP contribution is -2.39. The van der Waals surface area contributed by atoms with Crippen molar-refractivity contribution in [1.82, 2.24) is 10.0 Å². The predicted octanol–water partition coefficient (Wildman–Crippen LogP) is -0.923. The van der Waals surface area contributed by atoms with E-state index in [-0.39, 0.29) is 0 Å². The molecule has 0 spiro atoms. The molecule has 0 bridgehead atoms. The monoisotopic (exact) mass is 238 g/mol. The molecule has 90 valence electrons. The van der Waals surface area contributed by atoms with Crippen LogP contribution in [0.2, 0.25) is 0 Å². The van der Waals surface area contributed by atoms with Crippen LogP contribution >= 0.6 is 0 Å². The minimum Gasteiger partial charge on any atom is -0.468 e. The quantitative estimate of drug-likeness (QED) is 0.442. The van der Waals surface area contributed by atoms with Crippen molar-refractivity contribution in [3.63, 3.8) is 0 Å².